The maximum atomic E-state index is 14.0. The molecule has 3 aromatic rings. The third kappa shape index (κ3) is 5.65. The van der Waals surface area contributed by atoms with Gasteiger partial charge < -0.3 is 10.5 Å². The number of non-ortho nitro benzene ring substituents is 1. The number of aryl methyl sites for hydroxylation is 1. The molecule has 0 amide bonds. The molecule has 0 fully saturated rings. The number of hydrogen-bond donors (Lipinski definition) is 1. The number of ether oxygens (including phenoxy) is 1. The SMILES string of the molecule is Cc1cc(COc2ccccc2Br)c(C)c(C2C(C#N)=C(N)N(c3cc([N+](=O)[O-])ccc3Cl)C3=C2C(=O)CC(C)(C)C3)c1. The maximum Gasteiger partial charge on any atom is 0.271 e. The first-order valence-electron chi connectivity index (χ1n) is 13.7. The molecular formula is C33H30BrClN4O4. The van der Waals surface area contributed by atoms with Gasteiger partial charge in [-0.15, -0.1) is 0 Å². The van der Waals surface area contributed by atoms with E-state index < -0.39 is 16.3 Å². The second-order valence-electron chi connectivity index (χ2n) is 11.7. The van der Waals surface area contributed by atoms with Gasteiger partial charge >= 0.3 is 0 Å². The van der Waals surface area contributed by atoms with E-state index in [2.05, 4.69) is 22.0 Å². The van der Waals surface area contributed by atoms with Crippen LogP contribution in [0.15, 0.2) is 81.7 Å². The summed E-state index contributed by atoms with van der Waals surface area (Å²) in [6, 6.07) is 18.0. The van der Waals surface area contributed by atoms with E-state index in [9.17, 15) is 20.2 Å². The Kier molecular flexibility index (Phi) is 8.12. The van der Waals surface area contributed by atoms with Gasteiger partial charge in [0.25, 0.3) is 5.69 Å². The van der Waals surface area contributed by atoms with Crippen LogP contribution in [-0.4, -0.2) is 10.7 Å². The number of nitro groups is 1. The number of benzene rings is 3. The van der Waals surface area contributed by atoms with Crippen molar-refractivity contribution in [3.63, 3.8) is 0 Å². The molecule has 0 aromatic heterocycles. The smallest absolute Gasteiger partial charge is 0.271 e. The molecule has 8 nitrogen and oxygen atoms in total. The number of nitrogens with two attached hydrogens (primary N) is 1. The van der Waals surface area contributed by atoms with Gasteiger partial charge in [0, 0.05) is 29.8 Å². The summed E-state index contributed by atoms with van der Waals surface area (Å²) in [7, 11) is 0. The molecule has 1 aliphatic carbocycles. The van der Waals surface area contributed by atoms with Crippen molar-refractivity contribution in [1.82, 2.24) is 0 Å². The third-order valence-corrected chi connectivity index (χ3v) is 8.97. The fourth-order valence-electron chi connectivity index (χ4n) is 6.01. The Morgan fingerprint density at radius 1 is 1.19 bits per heavy atom. The lowest BCUT2D eigenvalue weighted by Crippen LogP contribution is -2.42. The summed E-state index contributed by atoms with van der Waals surface area (Å²) in [6.07, 6.45) is 0.728. The molecule has 0 spiro atoms. The number of nitrogens with zero attached hydrogens (tertiary/aromatic N) is 3. The first-order chi connectivity index (χ1) is 20.3. The molecule has 43 heavy (non-hydrogen) atoms. The number of para-hydroxylation sites is 1. The minimum Gasteiger partial charge on any atom is -0.488 e. The van der Waals surface area contributed by atoms with Crippen molar-refractivity contribution >= 4 is 44.7 Å². The van der Waals surface area contributed by atoms with Crippen LogP contribution in [0.1, 0.15) is 54.9 Å². The second kappa shape index (κ2) is 11.5. The number of Topliss-reactive ketones (excluding diaryl/α,β-unsaturated/α-hetero) is 1. The van der Waals surface area contributed by atoms with E-state index in [0.29, 0.717) is 23.4 Å². The Bertz CT molecular complexity index is 1790. The molecule has 3 aromatic carbocycles. The topological polar surface area (TPSA) is 122 Å². The highest BCUT2D eigenvalue weighted by Crippen LogP contribution is 2.52. The van der Waals surface area contributed by atoms with Gasteiger partial charge in [0.15, 0.2) is 5.78 Å². The van der Waals surface area contributed by atoms with Crippen LogP contribution in [0.25, 0.3) is 0 Å². The Morgan fingerprint density at radius 2 is 1.91 bits per heavy atom. The predicted octanol–water partition coefficient (Wildman–Crippen LogP) is 8.15. The van der Waals surface area contributed by atoms with Crippen LogP contribution >= 0.6 is 27.5 Å². The zero-order valence-electron chi connectivity index (χ0n) is 24.2. The van der Waals surface area contributed by atoms with Crippen LogP contribution in [0.3, 0.4) is 0 Å². The number of nitro benzene ring substituents is 1. The van der Waals surface area contributed by atoms with Gasteiger partial charge in [0.1, 0.15) is 18.2 Å². The number of allylic oxidation sites excluding steroid dienone is 3. The quantitative estimate of drug-likeness (QED) is 0.209. The van der Waals surface area contributed by atoms with E-state index in [1.54, 1.807) is 4.90 Å². The molecule has 0 saturated heterocycles. The van der Waals surface area contributed by atoms with E-state index in [4.69, 9.17) is 22.1 Å². The monoisotopic (exact) mass is 660 g/mol. The summed E-state index contributed by atoms with van der Waals surface area (Å²) in [5.41, 5.74) is 11.2. The molecule has 2 N–H and O–H groups in total. The highest BCUT2D eigenvalue weighted by molar-refractivity contribution is 9.10. The van der Waals surface area contributed by atoms with Crippen molar-refractivity contribution in [2.45, 2.75) is 53.1 Å². The van der Waals surface area contributed by atoms with Crippen LogP contribution in [0, 0.1) is 40.7 Å². The van der Waals surface area contributed by atoms with E-state index in [-0.39, 0.29) is 46.6 Å². The number of anilines is 1. The van der Waals surface area contributed by atoms with E-state index in [1.165, 1.54) is 18.2 Å². The lowest BCUT2D eigenvalue weighted by atomic mass is 9.68. The molecule has 5 rings (SSSR count). The number of nitriles is 1. The number of carbonyl (C=O) groups is 1. The first kappa shape index (κ1) is 30.3. The zero-order valence-corrected chi connectivity index (χ0v) is 26.5. The lowest BCUT2D eigenvalue weighted by molar-refractivity contribution is -0.384. The van der Waals surface area contributed by atoms with Gasteiger partial charge in [-0.05, 0) is 76.5 Å². The van der Waals surface area contributed by atoms with Crippen molar-refractivity contribution in [3.05, 3.63) is 119 Å². The Hall–Kier alpha value is -4.13. The molecule has 0 saturated carbocycles. The maximum absolute atomic E-state index is 14.0. The van der Waals surface area contributed by atoms with Crippen molar-refractivity contribution in [2.75, 3.05) is 4.90 Å². The zero-order chi connectivity index (χ0) is 31.2. The Morgan fingerprint density at radius 3 is 2.58 bits per heavy atom. The molecule has 0 radical (unpaired) electrons. The van der Waals surface area contributed by atoms with Crippen molar-refractivity contribution in [3.8, 4) is 11.8 Å². The molecule has 1 heterocycles. The van der Waals surface area contributed by atoms with Gasteiger partial charge in [-0.2, -0.15) is 5.26 Å². The summed E-state index contributed by atoms with van der Waals surface area (Å²) < 4.78 is 6.98. The molecule has 2 aliphatic rings. The van der Waals surface area contributed by atoms with Crippen molar-refractivity contribution < 1.29 is 14.5 Å². The normalized spacial score (nSPS) is 17.9. The molecule has 1 atom stereocenters. The van der Waals surface area contributed by atoms with Crippen LogP contribution in [0.4, 0.5) is 11.4 Å². The largest absolute Gasteiger partial charge is 0.488 e. The summed E-state index contributed by atoms with van der Waals surface area (Å²) in [5.74, 6) is -0.0379. The van der Waals surface area contributed by atoms with Crippen LogP contribution < -0.4 is 15.4 Å². The second-order valence-corrected chi connectivity index (χ2v) is 13.0. The number of ketones is 1. The minimum absolute atomic E-state index is 0.0890. The average molecular weight is 662 g/mol. The summed E-state index contributed by atoms with van der Waals surface area (Å²) in [6.45, 7) is 8.18. The van der Waals surface area contributed by atoms with Gasteiger partial charge in [0.05, 0.1) is 37.7 Å². The Labute approximate surface area is 263 Å². The molecule has 220 valence electrons. The standard InChI is InChI=1S/C33H30BrClN4O4/c1-18-11-20(17-43-29-8-6-5-7-24(29)34)19(2)22(12-18)30-23(16-36)32(37)38(26-13-21(39(41)42)9-10-25(26)35)27-14-33(3,4)15-28(40)31(27)30/h5-13,30H,14-15,17,37H2,1-4H3. The first-order valence-corrected chi connectivity index (χ1v) is 14.9. The van der Waals surface area contributed by atoms with Gasteiger partial charge in [-0.3, -0.25) is 19.8 Å². The van der Waals surface area contributed by atoms with Gasteiger partial charge in [-0.25, -0.2) is 0 Å². The Balaban J connectivity index is 1.71. The molecule has 1 aliphatic heterocycles. The highest BCUT2D eigenvalue weighted by atomic mass is 79.9. The predicted molar refractivity (Wildman–Crippen MR) is 170 cm³/mol. The average Bonchev–Trinajstić information content (AvgIpc) is 2.93. The molecule has 1 unspecified atom stereocenters. The fourth-order valence-corrected chi connectivity index (χ4v) is 6.61. The lowest BCUT2D eigenvalue weighted by Gasteiger charge is -2.44. The number of carbonyl (C=O) groups excluding carboxylic acids is 1. The molecule has 10 heteroatoms. The van der Waals surface area contributed by atoms with Crippen LogP contribution in [-0.2, 0) is 11.4 Å². The van der Waals surface area contributed by atoms with Gasteiger partial charge in [0.2, 0.25) is 0 Å². The third-order valence-electron chi connectivity index (χ3n) is 7.99. The van der Waals surface area contributed by atoms with E-state index >= 15 is 0 Å². The van der Waals surface area contributed by atoms with Gasteiger partial charge in [-0.1, -0.05) is 55.3 Å². The van der Waals surface area contributed by atoms with E-state index in [0.717, 1.165) is 26.7 Å². The van der Waals surface area contributed by atoms with Crippen molar-refractivity contribution in [1.29, 1.82) is 5.26 Å². The summed E-state index contributed by atoms with van der Waals surface area (Å²) in [4.78, 5) is 26.7. The number of rotatable bonds is 6. The summed E-state index contributed by atoms with van der Waals surface area (Å²) in [5, 5.41) is 22.4. The van der Waals surface area contributed by atoms with E-state index in [1.807, 2.05) is 64.1 Å². The summed E-state index contributed by atoms with van der Waals surface area (Å²) >= 11 is 10.1. The number of halogens is 2. The molecular weight excluding hydrogens is 632 g/mol. The van der Waals surface area contributed by atoms with Crippen LogP contribution in [0.5, 0.6) is 5.75 Å². The highest BCUT2D eigenvalue weighted by Gasteiger charge is 2.45. The van der Waals surface area contributed by atoms with Crippen molar-refractivity contribution in [2.24, 2.45) is 11.1 Å². The van der Waals surface area contributed by atoms with Crippen LogP contribution in [0.2, 0.25) is 5.02 Å². The number of hydrogen-bond acceptors (Lipinski definition) is 7. The molecule has 0 bridgehead atoms. The fraction of sp³-hybridized carbons (Fsp3) is 0.273. The minimum atomic E-state index is -0.723.